The summed E-state index contributed by atoms with van der Waals surface area (Å²) in [6, 6.07) is 10.3. The molecule has 1 aromatic carbocycles. The second-order valence-corrected chi connectivity index (χ2v) is 11.8. The molecule has 33 heavy (non-hydrogen) atoms. The highest BCUT2D eigenvalue weighted by atomic mass is 16.5. The van der Waals surface area contributed by atoms with Crippen LogP contribution >= 0.6 is 0 Å². The van der Waals surface area contributed by atoms with E-state index in [1.165, 1.54) is 50.5 Å². The van der Waals surface area contributed by atoms with E-state index < -0.39 is 5.97 Å². The number of benzene rings is 1. The highest BCUT2D eigenvalue weighted by Crippen LogP contribution is 2.41. The summed E-state index contributed by atoms with van der Waals surface area (Å²) >= 11 is 0. The first-order chi connectivity index (χ1) is 15.6. The van der Waals surface area contributed by atoms with Gasteiger partial charge < -0.3 is 9.84 Å². The summed E-state index contributed by atoms with van der Waals surface area (Å²) in [5.74, 6) is -0.925. The summed E-state index contributed by atoms with van der Waals surface area (Å²) in [5.41, 5.74) is 2.01. The van der Waals surface area contributed by atoms with E-state index >= 15 is 0 Å². The predicted octanol–water partition coefficient (Wildman–Crippen LogP) is 7.03. The van der Waals surface area contributed by atoms with Crippen molar-refractivity contribution in [2.75, 3.05) is 26.3 Å². The number of aliphatic carboxylic acids is 1. The van der Waals surface area contributed by atoms with E-state index in [2.05, 4.69) is 51.7 Å². The zero-order valence-corrected chi connectivity index (χ0v) is 21.9. The third-order valence-corrected chi connectivity index (χ3v) is 8.04. The normalized spacial score (nSPS) is 19.8. The van der Waals surface area contributed by atoms with Gasteiger partial charge in [-0.15, -0.1) is 0 Å². The third kappa shape index (κ3) is 9.78. The Balaban J connectivity index is 1.52. The predicted molar refractivity (Wildman–Crippen MR) is 137 cm³/mol. The quantitative estimate of drug-likeness (QED) is 0.286. The van der Waals surface area contributed by atoms with Crippen LogP contribution in [0.4, 0.5) is 0 Å². The van der Waals surface area contributed by atoms with Crippen molar-refractivity contribution < 1.29 is 14.6 Å². The Bertz CT molecular complexity index is 680. The highest BCUT2D eigenvalue weighted by molar-refractivity contribution is 5.71. The van der Waals surface area contributed by atoms with Gasteiger partial charge in [0.2, 0.25) is 0 Å². The molecule has 2 atom stereocenters. The van der Waals surface area contributed by atoms with Crippen LogP contribution in [-0.4, -0.2) is 42.3 Å². The van der Waals surface area contributed by atoms with Gasteiger partial charge in [-0.05, 0) is 29.2 Å². The Morgan fingerprint density at radius 3 is 2.15 bits per heavy atom. The summed E-state index contributed by atoms with van der Waals surface area (Å²) < 4.78 is 5.92. The largest absolute Gasteiger partial charge is 0.481 e. The van der Waals surface area contributed by atoms with Crippen molar-refractivity contribution in [2.45, 2.75) is 92.5 Å². The van der Waals surface area contributed by atoms with Crippen LogP contribution in [0.3, 0.4) is 0 Å². The lowest BCUT2D eigenvalue weighted by Gasteiger charge is -2.39. The van der Waals surface area contributed by atoms with Gasteiger partial charge in [-0.3, -0.25) is 9.69 Å². The van der Waals surface area contributed by atoms with Gasteiger partial charge in [0, 0.05) is 32.2 Å². The Morgan fingerprint density at radius 2 is 1.55 bits per heavy atom. The summed E-state index contributed by atoms with van der Waals surface area (Å²) in [7, 11) is 0. The maximum absolute atomic E-state index is 11.7. The van der Waals surface area contributed by atoms with E-state index in [-0.39, 0.29) is 11.8 Å². The van der Waals surface area contributed by atoms with Gasteiger partial charge in [0.05, 0.1) is 12.5 Å². The second kappa shape index (κ2) is 13.5. The molecule has 1 fully saturated rings. The lowest BCUT2D eigenvalue weighted by atomic mass is 9.67. The molecule has 4 heteroatoms. The molecule has 2 rings (SSSR count). The van der Waals surface area contributed by atoms with Crippen LogP contribution in [-0.2, 0) is 16.1 Å². The Morgan fingerprint density at radius 1 is 0.939 bits per heavy atom. The first-order valence-electron chi connectivity index (χ1n) is 13.2. The number of carboxylic acids is 1. The van der Waals surface area contributed by atoms with Crippen molar-refractivity contribution in [3.63, 3.8) is 0 Å². The van der Waals surface area contributed by atoms with Gasteiger partial charge in [0.15, 0.2) is 0 Å². The van der Waals surface area contributed by atoms with Crippen LogP contribution in [0.1, 0.15) is 91.5 Å². The molecular formula is C29H49NO3. The number of rotatable bonds is 15. The third-order valence-electron chi connectivity index (χ3n) is 8.04. The molecule has 1 aliphatic rings. The molecule has 1 N–H and O–H groups in total. The van der Waals surface area contributed by atoms with E-state index in [1.54, 1.807) is 0 Å². The molecule has 0 aromatic heterocycles. The van der Waals surface area contributed by atoms with Crippen molar-refractivity contribution >= 4 is 5.97 Å². The fourth-order valence-corrected chi connectivity index (χ4v) is 4.64. The van der Waals surface area contributed by atoms with E-state index in [0.717, 1.165) is 26.1 Å². The molecule has 0 spiro atoms. The van der Waals surface area contributed by atoms with Crippen LogP contribution in [0.5, 0.6) is 0 Å². The first-order valence-corrected chi connectivity index (χ1v) is 13.2. The highest BCUT2D eigenvalue weighted by Gasteiger charge is 2.37. The van der Waals surface area contributed by atoms with Crippen LogP contribution in [0, 0.1) is 22.7 Å². The summed E-state index contributed by atoms with van der Waals surface area (Å²) in [5, 5.41) is 9.63. The van der Waals surface area contributed by atoms with Crippen molar-refractivity contribution in [3.8, 4) is 0 Å². The van der Waals surface area contributed by atoms with Gasteiger partial charge in [0.1, 0.15) is 0 Å². The molecular weight excluding hydrogens is 410 g/mol. The summed E-state index contributed by atoms with van der Waals surface area (Å²) in [6.07, 6.45) is 10.2. The number of likely N-dealkylation sites (tertiary alicyclic amines) is 1. The molecule has 0 saturated carbocycles. The standard InChI is InChI=1S/C29H49NO3/c1-28(2,3)29(4,5)18-14-9-7-6-8-10-15-19-33-23-25-21-30(22-26(25)27(31)32)20-24-16-12-11-13-17-24/h11-13,16-17,25-26H,6-10,14-15,18-23H2,1-5H3,(H,31,32)/t25-,26+/m0/s1. The molecule has 1 aromatic rings. The Hall–Kier alpha value is -1.39. The number of carboxylic acid groups (broad SMARTS) is 1. The molecule has 0 radical (unpaired) electrons. The molecule has 4 nitrogen and oxygen atoms in total. The average Bonchev–Trinajstić information content (AvgIpc) is 3.14. The van der Waals surface area contributed by atoms with E-state index in [4.69, 9.17) is 4.74 Å². The molecule has 1 aliphatic heterocycles. The van der Waals surface area contributed by atoms with Crippen LogP contribution < -0.4 is 0 Å². The van der Waals surface area contributed by atoms with Crippen molar-refractivity contribution in [2.24, 2.45) is 22.7 Å². The first kappa shape index (κ1) is 27.9. The number of ether oxygens (including phenoxy) is 1. The van der Waals surface area contributed by atoms with Crippen molar-refractivity contribution in [1.82, 2.24) is 4.90 Å². The summed E-state index contributed by atoms with van der Waals surface area (Å²) in [4.78, 5) is 14.0. The fraction of sp³-hybridized carbons (Fsp3) is 0.759. The number of nitrogens with zero attached hydrogens (tertiary/aromatic N) is 1. The molecule has 1 heterocycles. The Kier molecular flexibility index (Phi) is 11.4. The zero-order chi connectivity index (χ0) is 24.3. The maximum atomic E-state index is 11.7. The van der Waals surface area contributed by atoms with E-state index in [0.29, 0.717) is 24.0 Å². The van der Waals surface area contributed by atoms with Gasteiger partial charge in [-0.2, -0.15) is 0 Å². The minimum absolute atomic E-state index is 0.0866. The maximum Gasteiger partial charge on any atom is 0.308 e. The molecule has 0 unspecified atom stereocenters. The number of unbranched alkanes of at least 4 members (excludes halogenated alkanes) is 6. The van der Waals surface area contributed by atoms with E-state index in [1.807, 2.05) is 18.2 Å². The lowest BCUT2D eigenvalue weighted by Crippen LogP contribution is -2.29. The molecule has 0 amide bonds. The SMILES string of the molecule is CC(C)(C)C(C)(C)CCCCCCCCCOC[C@@H]1CN(Cc2ccccc2)C[C@H]1C(=O)O. The zero-order valence-electron chi connectivity index (χ0n) is 21.9. The molecule has 1 saturated heterocycles. The van der Waals surface area contributed by atoms with Crippen molar-refractivity contribution in [3.05, 3.63) is 35.9 Å². The van der Waals surface area contributed by atoms with E-state index in [9.17, 15) is 9.90 Å². The van der Waals surface area contributed by atoms with Crippen LogP contribution in [0.15, 0.2) is 30.3 Å². The number of hydrogen-bond acceptors (Lipinski definition) is 3. The van der Waals surface area contributed by atoms with Crippen LogP contribution in [0.2, 0.25) is 0 Å². The molecule has 0 aliphatic carbocycles. The van der Waals surface area contributed by atoms with Gasteiger partial charge in [-0.1, -0.05) is 103 Å². The lowest BCUT2D eigenvalue weighted by molar-refractivity contribution is -0.143. The van der Waals surface area contributed by atoms with Gasteiger partial charge in [0.25, 0.3) is 0 Å². The van der Waals surface area contributed by atoms with Gasteiger partial charge in [-0.25, -0.2) is 0 Å². The van der Waals surface area contributed by atoms with Crippen LogP contribution in [0.25, 0.3) is 0 Å². The Labute approximate surface area is 203 Å². The van der Waals surface area contributed by atoms with Crippen molar-refractivity contribution in [1.29, 1.82) is 0 Å². The average molecular weight is 460 g/mol. The second-order valence-electron chi connectivity index (χ2n) is 11.8. The topological polar surface area (TPSA) is 49.8 Å². The minimum Gasteiger partial charge on any atom is -0.481 e. The number of hydrogen-bond donors (Lipinski definition) is 1. The number of carbonyl (C=O) groups is 1. The fourth-order valence-electron chi connectivity index (χ4n) is 4.64. The molecule has 188 valence electrons. The summed E-state index contributed by atoms with van der Waals surface area (Å²) in [6.45, 7) is 15.4. The minimum atomic E-state index is -0.690. The smallest absolute Gasteiger partial charge is 0.308 e. The monoisotopic (exact) mass is 459 g/mol. The molecule has 0 bridgehead atoms. The van der Waals surface area contributed by atoms with Gasteiger partial charge >= 0.3 is 5.97 Å².